The van der Waals surface area contributed by atoms with Crippen molar-refractivity contribution in [1.82, 2.24) is 5.32 Å². The highest BCUT2D eigenvalue weighted by Gasteiger charge is 2.16. The largest absolute Gasteiger partial charge is 0.491 e. The zero-order chi connectivity index (χ0) is 20.2. The SMILES string of the molecule is COC(=O)c1cc(OCC(O)CNC(C)(C)C)cc(-c2cc(Cl)sc2Cl)c1.Cl. The highest BCUT2D eigenvalue weighted by molar-refractivity contribution is 7.20. The highest BCUT2D eigenvalue weighted by Crippen LogP contribution is 2.39. The smallest absolute Gasteiger partial charge is 0.338 e. The van der Waals surface area contributed by atoms with Crippen molar-refractivity contribution in [3.05, 3.63) is 38.5 Å². The second-order valence-electron chi connectivity index (χ2n) is 7.07. The number of hydrogen-bond donors (Lipinski definition) is 2. The van der Waals surface area contributed by atoms with E-state index in [2.05, 4.69) is 5.32 Å². The van der Waals surface area contributed by atoms with E-state index in [-0.39, 0.29) is 24.6 Å². The van der Waals surface area contributed by atoms with Crippen LogP contribution in [0.4, 0.5) is 0 Å². The molecule has 28 heavy (non-hydrogen) atoms. The lowest BCUT2D eigenvalue weighted by molar-refractivity contribution is 0.0600. The van der Waals surface area contributed by atoms with E-state index in [1.807, 2.05) is 20.8 Å². The maximum atomic E-state index is 12.0. The van der Waals surface area contributed by atoms with Crippen LogP contribution in [0.3, 0.4) is 0 Å². The average Bonchev–Trinajstić information content (AvgIpc) is 2.94. The molecule has 0 spiro atoms. The molecule has 0 saturated heterocycles. The minimum Gasteiger partial charge on any atom is -0.491 e. The summed E-state index contributed by atoms with van der Waals surface area (Å²) in [6, 6.07) is 6.72. The van der Waals surface area contributed by atoms with Gasteiger partial charge < -0.3 is 19.9 Å². The van der Waals surface area contributed by atoms with Gasteiger partial charge in [0.15, 0.2) is 0 Å². The number of aliphatic hydroxyl groups excluding tert-OH is 1. The van der Waals surface area contributed by atoms with Gasteiger partial charge in [0.2, 0.25) is 0 Å². The molecule has 1 heterocycles. The summed E-state index contributed by atoms with van der Waals surface area (Å²) in [6.45, 7) is 6.51. The standard InChI is InChI=1S/C19H23Cl2NO4S.ClH/c1-19(2,3)22-9-13(23)10-26-14-6-11(5-12(7-14)18(24)25-4)15-8-16(20)27-17(15)21;/h5-8,13,22-23H,9-10H2,1-4H3;1H. The highest BCUT2D eigenvalue weighted by atomic mass is 35.5. The van der Waals surface area contributed by atoms with Crippen molar-refractivity contribution < 1.29 is 19.4 Å². The van der Waals surface area contributed by atoms with Crippen molar-refractivity contribution in [3.63, 3.8) is 0 Å². The van der Waals surface area contributed by atoms with E-state index < -0.39 is 12.1 Å². The molecule has 0 radical (unpaired) electrons. The Labute approximate surface area is 185 Å². The molecule has 0 aliphatic rings. The Morgan fingerprint density at radius 1 is 1.25 bits per heavy atom. The number of aliphatic hydroxyl groups is 1. The van der Waals surface area contributed by atoms with Crippen LogP contribution in [0.1, 0.15) is 31.1 Å². The van der Waals surface area contributed by atoms with E-state index in [9.17, 15) is 9.90 Å². The molecule has 0 aliphatic heterocycles. The minimum atomic E-state index is -0.700. The normalized spacial score (nSPS) is 12.2. The number of nitrogens with one attached hydrogen (secondary N) is 1. The Morgan fingerprint density at radius 2 is 1.93 bits per heavy atom. The van der Waals surface area contributed by atoms with Crippen molar-refractivity contribution in [2.75, 3.05) is 20.3 Å². The number of hydrogen-bond acceptors (Lipinski definition) is 6. The Bertz CT molecular complexity index is 805. The summed E-state index contributed by atoms with van der Waals surface area (Å²) >= 11 is 13.5. The summed E-state index contributed by atoms with van der Waals surface area (Å²) in [7, 11) is 1.31. The lowest BCUT2D eigenvalue weighted by Crippen LogP contribution is -2.42. The molecule has 0 aliphatic carbocycles. The molecular weight excluding hydrogens is 445 g/mol. The van der Waals surface area contributed by atoms with E-state index >= 15 is 0 Å². The Kier molecular flexibility index (Phi) is 9.53. The van der Waals surface area contributed by atoms with Crippen LogP contribution in [0.5, 0.6) is 5.75 Å². The van der Waals surface area contributed by atoms with Gasteiger partial charge in [-0.2, -0.15) is 0 Å². The molecule has 2 N–H and O–H groups in total. The number of β-amino-alcohol motifs (C(OH)–C–C–N with tert-alkyl or cyclic N) is 1. The maximum absolute atomic E-state index is 12.0. The van der Waals surface area contributed by atoms with Gasteiger partial charge in [0.25, 0.3) is 0 Å². The molecule has 1 unspecified atom stereocenters. The molecule has 1 atom stereocenters. The van der Waals surface area contributed by atoms with Gasteiger partial charge in [0.05, 0.1) is 17.0 Å². The molecular formula is C19H24Cl3NO4S. The van der Waals surface area contributed by atoms with Crippen LogP contribution < -0.4 is 10.1 Å². The molecule has 1 aromatic heterocycles. The fraction of sp³-hybridized carbons (Fsp3) is 0.421. The fourth-order valence-electron chi connectivity index (χ4n) is 2.29. The van der Waals surface area contributed by atoms with E-state index in [1.54, 1.807) is 24.3 Å². The number of halogens is 3. The Balaban J connectivity index is 0.00000392. The molecule has 0 saturated carbocycles. The van der Waals surface area contributed by atoms with E-state index in [4.69, 9.17) is 32.7 Å². The van der Waals surface area contributed by atoms with Gasteiger partial charge in [0, 0.05) is 17.6 Å². The van der Waals surface area contributed by atoms with Crippen LogP contribution in [0.15, 0.2) is 24.3 Å². The van der Waals surface area contributed by atoms with Crippen molar-refractivity contribution in [2.45, 2.75) is 32.4 Å². The monoisotopic (exact) mass is 467 g/mol. The topological polar surface area (TPSA) is 67.8 Å². The molecule has 2 aromatic rings. The van der Waals surface area contributed by atoms with E-state index in [0.717, 1.165) is 0 Å². The number of rotatable bonds is 7. The summed E-state index contributed by atoms with van der Waals surface area (Å²) in [5.74, 6) is -0.0600. The van der Waals surface area contributed by atoms with Gasteiger partial charge in [-0.05, 0) is 50.6 Å². The molecule has 156 valence electrons. The van der Waals surface area contributed by atoms with Gasteiger partial charge >= 0.3 is 5.97 Å². The lowest BCUT2D eigenvalue weighted by atomic mass is 10.1. The van der Waals surface area contributed by atoms with Gasteiger partial charge in [-0.25, -0.2) is 4.79 Å². The van der Waals surface area contributed by atoms with Crippen LogP contribution in [0.25, 0.3) is 11.1 Å². The number of esters is 1. The quantitative estimate of drug-likeness (QED) is 0.556. The molecule has 0 bridgehead atoms. The van der Waals surface area contributed by atoms with Crippen molar-refractivity contribution in [2.24, 2.45) is 0 Å². The minimum absolute atomic E-state index is 0. The summed E-state index contributed by atoms with van der Waals surface area (Å²) in [5.41, 5.74) is 1.61. The van der Waals surface area contributed by atoms with Crippen molar-refractivity contribution in [1.29, 1.82) is 0 Å². The number of thiophene rings is 1. The third kappa shape index (κ3) is 7.43. The van der Waals surface area contributed by atoms with Gasteiger partial charge in [-0.3, -0.25) is 0 Å². The second kappa shape index (κ2) is 10.7. The van der Waals surface area contributed by atoms with Crippen LogP contribution in [0, 0.1) is 0 Å². The zero-order valence-electron chi connectivity index (χ0n) is 16.0. The predicted molar refractivity (Wildman–Crippen MR) is 118 cm³/mol. The number of benzene rings is 1. The molecule has 1 aromatic carbocycles. The third-order valence-electron chi connectivity index (χ3n) is 3.61. The Morgan fingerprint density at radius 3 is 2.46 bits per heavy atom. The summed E-state index contributed by atoms with van der Waals surface area (Å²) in [6.07, 6.45) is -0.700. The first-order valence-corrected chi connectivity index (χ1v) is 9.91. The van der Waals surface area contributed by atoms with Gasteiger partial charge in [-0.15, -0.1) is 23.7 Å². The molecule has 9 heteroatoms. The van der Waals surface area contributed by atoms with Crippen molar-refractivity contribution in [3.8, 4) is 16.9 Å². The molecule has 0 amide bonds. The first-order chi connectivity index (χ1) is 12.6. The lowest BCUT2D eigenvalue weighted by Gasteiger charge is -2.23. The molecule has 0 fully saturated rings. The summed E-state index contributed by atoms with van der Waals surface area (Å²) in [4.78, 5) is 12.0. The van der Waals surface area contributed by atoms with Crippen molar-refractivity contribution >= 4 is 52.9 Å². The number of carbonyl (C=O) groups is 1. The second-order valence-corrected chi connectivity index (χ2v) is 9.36. The predicted octanol–water partition coefficient (Wildman–Crippen LogP) is 5.06. The van der Waals surface area contributed by atoms with Crippen LogP contribution >= 0.6 is 46.9 Å². The van der Waals surface area contributed by atoms with E-state index in [1.165, 1.54) is 18.4 Å². The van der Waals surface area contributed by atoms with E-state index in [0.29, 0.717) is 37.7 Å². The van der Waals surface area contributed by atoms with Crippen LogP contribution in [-0.4, -0.2) is 43.0 Å². The first kappa shape index (κ1) is 25.0. The number of ether oxygens (including phenoxy) is 2. The van der Waals surface area contributed by atoms with Crippen LogP contribution in [0.2, 0.25) is 8.67 Å². The molecule has 5 nitrogen and oxygen atoms in total. The van der Waals surface area contributed by atoms with Gasteiger partial charge in [-0.1, -0.05) is 23.2 Å². The fourth-order valence-corrected chi connectivity index (χ4v) is 3.79. The summed E-state index contributed by atoms with van der Waals surface area (Å²) < 4.78 is 11.6. The number of methoxy groups -OCH3 is 1. The first-order valence-electron chi connectivity index (χ1n) is 8.33. The average molecular weight is 469 g/mol. The maximum Gasteiger partial charge on any atom is 0.338 e. The Hall–Kier alpha value is -1.02. The zero-order valence-corrected chi connectivity index (χ0v) is 19.2. The van der Waals surface area contributed by atoms with Gasteiger partial charge in [0.1, 0.15) is 22.8 Å². The third-order valence-corrected chi connectivity index (χ3v) is 5.09. The summed E-state index contributed by atoms with van der Waals surface area (Å²) in [5, 5.41) is 13.3. The van der Waals surface area contributed by atoms with Crippen LogP contribution in [-0.2, 0) is 4.74 Å². The molecule has 2 rings (SSSR count). The number of carbonyl (C=O) groups excluding carboxylic acids is 1.